The molecule has 5 heteroatoms. The number of carbonyl (C=O) groups excluding carboxylic acids is 1. The number of nitrogens with zero attached hydrogens (tertiary/aromatic N) is 2. The average Bonchev–Trinajstić information content (AvgIpc) is 2.29. The van der Waals surface area contributed by atoms with E-state index in [2.05, 4.69) is 29.1 Å². The number of amides is 1. The molecule has 88 valence electrons. The van der Waals surface area contributed by atoms with Gasteiger partial charge in [0.15, 0.2) is 0 Å². The van der Waals surface area contributed by atoms with Crippen LogP contribution in [0.4, 0.5) is 0 Å². The first-order valence-corrected chi connectivity index (χ1v) is 5.63. The summed E-state index contributed by atoms with van der Waals surface area (Å²) in [6, 6.07) is 0.285. The lowest BCUT2D eigenvalue weighted by Crippen LogP contribution is -2.50. The van der Waals surface area contributed by atoms with E-state index in [4.69, 9.17) is 5.84 Å². The lowest BCUT2D eigenvalue weighted by Gasteiger charge is -2.37. The number of nitrogens with two attached hydrogens (primary N) is 1. The zero-order valence-corrected chi connectivity index (χ0v) is 9.70. The number of hydrogen-bond acceptors (Lipinski definition) is 4. The molecule has 1 rings (SSSR count). The summed E-state index contributed by atoms with van der Waals surface area (Å²) in [7, 11) is 0. The summed E-state index contributed by atoms with van der Waals surface area (Å²) >= 11 is 0. The average molecular weight is 214 g/mol. The third kappa shape index (κ3) is 3.77. The van der Waals surface area contributed by atoms with Gasteiger partial charge in [-0.05, 0) is 13.5 Å². The van der Waals surface area contributed by atoms with Crippen LogP contribution in [0.1, 0.15) is 20.3 Å². The maximum absolute atomic E-state index is 11.1. The van der Waals surface area contributed by atoms with Crippen LogP contribution in [0.5, 0.6) is 0 Å². The second-order valence-electron chi connectivity index (χ2n) is 4.09. The van der Waals surface area contributed by atoms with Gasteiger partial charge in [0.25, 0.3) is 0 Å². The van der Waals surface area contributed by atoms with Crippen LogP contribution in [0, 0.1) is 0 Å². The third-order valence-corrected chi connectivity index (χ3v) is 3.12. The summed E-state index contributed by atoms with van der Waals surface area (Å²) in [6.45, 7) is 9.68. The lowest BCUT2D eigenvalue weighted by atomic mass is 10.1. The minimum atomic E-state index is -0.0829. The van der Waals surface area contributed by atoms with Gasteiger partial charge < -0.3 is 4.90 Å². The van der Waals surface area contributed by atoms with Gasteiger partial charge in [0, 0.05) is 38.6 Å². The van der Waals surface area contributed by atoms with Crippen molar-refractivity contribution in [3.8, 4) is 0 Å². The normalized spacial score (nSPS) is 21.3. The number of nitrogens with one attached hydrogen (secondary N) is 1. The Hall–Kier alpha value is -0.650. The van der Waals surface area contributed by atoms with Crippen LogP contribution >= 0.6 is 0 Å². The van der Waals surface area contributed by atoms with Crippen LogP contribution in [0.2, 0.25) is 0 Å². The highest BCUT2D eigenvalue weighted by Crippen LogP contribution is 2.08. The molecule has 1 aliphatic heterocycles. The fraction of sp³-hybridized carbons (Fsp3) is 0.900. The molecule has 0 bridgehead atoms. The Balaban J connectivity index is 2.29. The Morgan fingerprint density at radius 3 is 2.47 bits per heavy atom. The van der Waals surface area contributed by atoms with Gasteiger partial charge in [0.1, 0.15) is 0 Å². The van der Waals surface area contributed by atoms with Crippen molar-refractivity contribution in [2.75, 3.05) is 32.7 Å². The van der Waals surface area contributed by atoms with E-state index < -0.39 is 0 Å². The molecule has 0 spiro atoms. The number of carbonyl (C=O) groups is 1. The van der Waals surface area contributed by atoms with Gasteiger partial charge in [-0.15, -0.1) is 0 Å². The standard InChI is InChI=1S/C10H22N4O/c1-3-13-4-6-14(7-5-13)9(2)8-10(15)12-11/h9H,3-8,11H2,1-2H3,(H,12,15). The van der Waals surface area contributed by atoms with Crippen molar-refractivity contribution in [3.63, 3.8) is 0 Å². The van der Waals surface area contributed by atoms with Crippen LogP contribution in [0.25, 0.3) is 0 Å². The topological polar surface area (TPSA) is 61.6 Å². The molecule has 0 radical (unpaired) electrons. The van der Waals surface area contributed by atoms with Crippen molar-refractivity contribution < 1.29 is 4.79 Å². The Labute approximate surface area is 91.6 Å². The summed E-state index contributed by atoms with van der Waals surface area (Å²) < 4.78 is 0. The molecule has 0 aromatic rings. The Bertz CT molecular complexity index is 202. The molecule has 0 aliphatic carbocycles. The molecule has 1 unspecified atom stereocenters. The first-order chi connectivity index (χ1) is 7.17. The summed E-state index contributed by atoms with van der Waals surface area (Å²) in [5.74, 6) is 4.98. The predicted octanol–water partition coefficient (Wildman–Crippen LogP) is -0.608. The first kappa shape index (κ1) is 12.4. The molecule has 5 nitrogen and oxygen atoms in total. The molecule has 0 aromatic heterocycles. The maximum atomic E-state index is 11.1. The zero-order valence-electron chi connectivity index (χ0n) is 9.70. The highest BCUT2D eigenvalue weighted by molar-refractivity contribution is 5.75. The Morgan fingerprint density at radius 2 is 2.00 bits per heavy atom. The molecular weight excluding hydrogens is 192 g/mol. The van der Waals surface area contributed by atoms with E-state index in [1.807, 2.05) is 0 Å². The molecule has 3 N–H and O–H groups in total. The molecule has 1 aliphatic rings. The van der Waals surface area contributed by atoms with E-state index in [9.17, 15) is 4.79 Å². The number of rotatable bonds is 4. The monoisotopic (exact) mass is 214 g/mol. The number of hydrogen-bond donors (Lipinski definition) is 2. The van der Waals surface area contributed by atoms with E-state index in [1.54, 1.807) is 0 Å². The van der Waals surface area contributed by atoms with E-state index >= 15 is 0 Å². The molecule has 1 heterocycles. The van der Waals surface area contributed by atoms with Gasteiger partial charge in [0.05, 0.1) is 0 Å². The smallest absolute Gasteiger partial charge is 0.235 e. The molecule has 15 heavy (non-hydrogen) atoms. The van der Waals surface area contributed by atoms with Crippen LogP contribution in [-0.4, -0.2) is 54.5 Å². The van der Waals surface area contributed by atoms with Crippen LogP contribution < -0.4 is 11.3 Å². The summed E-state index contributed by atoms with van der Waals surface area (Å²) in [5.41, 5.74) is 2.18. The van der Waals surface area contributed by atoms with Crippen molar-refractivity contribution in [1.82, 2.24) is 15.2 Å². The molecule has 1 atom stereocenters. The first-order valence-electron chi connectivity index (χ1n) is 5.63. The largest absolute Gasteiger partial charge is 0.301 e. The zero-order chi connectivity index (χ0) is 11.3. The maximum Gasteiger partial charge on any atom is 0.235 e. The summed E-state index contributed by atoms with van der Waals surface area (Å²) in [4.78, 5) is 15.9. The van der Waals surface area contributed by atoms with E-state index in [1.165, 1.54) is 0 Å². The van der Waals surface area contributed by atoms with Crippen LogP contribution in [0.15, 0.2) is 0 Å². The van der Waals surface area contributed by atoms with Crippen molar-refractivity contribution in [1.29, 1.82) is 0 Å². The minimum absolute atomic E-state index is 0.0829. The van der Waals surface area contributed by atoms with Gasteiger partial charge >= 0.3 is 0 Å². The Morgan fingerprint density at radius 1 is 1.40 bits per heavy atom. The predicted molar refractivity (Wildman–Crippen MR) is 60.1 cm³/mol. The van der Waals surface area contributed by atoms with Gasteiger partial charge in [-0.2, -0.15) is 0 Å². The van der Waals surface area contributed by atoms with Gasteiger partial charge in [0.2, 0.25) is 5.91 Å². The molecule has 1 amide bonds. The quantitative estimate of drug-likeness (QED) is 0.372. The fourth-order valence-corrected chi connectivity index (χ4v) is 1.98. The highest BCUT2D eigenvalue weighted by Gasteiger charge is 2.21. The fourth-order valence-electron chi connectivity index (χ4n) is 1.98. The molecule has 1 fully saturated rings. The lowest BCUT2D eigenvalue weighted by molar-refractivity contribution is -0.122. The number of piperazine rings is 1. The van der Waals surface area contributed by atoms with Gasteiger partial charge in [-0.25, -0.2) is 5.84 Å². The van der Waals surface area contributed by atoms with E-state index in [0.29, 0.717) is 6.42 Å². The van der Waals surface area contributed by atoms with Gasteiger partial charge in [-0.3, -0.25) is 15.1 Å². The van der Waals surface area contributed by atoms with Crippen molar-refractivity contribution in [2.45, 2.75) is 26.3 Å². The van der Waals surface area contributed by atoms with Crippen molar-refractivity contribution >= 4 is 5.91 Å². The summed E-state index contributed by atoms with van der Waals surface area (Å²) in [5, 5.41) is 0. The van der Waals surface area contributed by atoms with Crippen LogP contribution in [0.3, 0.4) is 0 Å². The Kier molecular flexibility index (Phi) is 5.01. The summed E-state index contributed by atoms with van der Waals surface area (Å²) in [6.07, 6.45) is 0.489. The van der Waals surface area contributed by atoms with Crippen molar-refractivity contribution in [2.24, 2.45) is 5.84 Å². The molecular formula is C10H22N4O. The van der Waals surface area contributed by atoms with Crippen molar-refractivity contribution in [3.05, 3.63) is 0 Å². The van der Waals surface area contributed by atoms with E-state index in [-0.39, 0.29) is 11.9 Å². The highest BCUT2D eigenvalue weighted by atomic mass is 16.2. The number of likely N-dealkylation sites (N-methyl/N-ethyl adjacent to an activating group) is 1. The van der Waals surface area contributed by atoms with E-state index in [0.717, 1.165) is 32.7 Å². The molecule has 1 saturated heterocycles. The van der Waals surface area contributed by atoms with Crippen LogP contribution in [-0.2, 0) is 4.79 Å². The third-order valence-electron chi connectivity index (χ3n) is 3.12. The number of hydrazine groups is 1. The minimum Gasteiger partial charge on any atom is -0.301 e. The molecule has 0 aromatic carbocycles. The second kappa shape index (κ2) is 6.05. The SMILES string of the molecule is CCN1CCN(C(C)CC(=O)NN)CC1. The molecule has 0 saturated carbocycles. The van der Waals surface area contributed by atoms with Gasteiger partial charge in [-0.1, -0.05) is 6.92 Å². The second-order valence-corrected chi connectivity index (χ2v) is 4.09.